The number of rotatable bonds is 1. The monoisotopic (exact) mass is 181 g/mol. The zero-order valence-electron chi connectivity index (χ0n) is 7.83. The Morgan fingerprint density at radius 1 is 1.46 bits per heavy atom. The van der Waals surface area contributed by atoms with Gasteiger partial charge in [0.1, 0.15) is 5.75 Å². The molecule has 1 heterocycles. The Bertz CT molecular complexity index is 392. The second-order valence-electron chi connectivity index (χ2n) is 2.82. The summed E-state index contributed by atoms with van der Waals surface area (Å²) in [4.78, 5) is 21.8. The van der Waals surface area contributed by atoms with Crippen molar-refractivity contribution in [3.05, 3.63) is 28.2 Å². The highest BCUT2D eigenvalue weighted by atomic mass is 16.5. The topological polar surface area (TPSA) is 48.3 Å². The summed E-state index contributed by atoms with van der Waals surface area (Å²) in [6.45, 7) is 3.07. The Morgan fingerprint density at radius 2 is 2.08 bits per heavy atom. The van der Waals surface area contributed by atoms with Gasteiger partial charge in [-0.25, -0.2) is 0 Å². The van der Waals surface area contributed by atoms with Gasteiger partial charge in [0.2, 0.25) is 0 Å². The van der Waals surface area contributed by atoms with Gasteiger partial charge in [0.05, 0.1) is 0 Å². The van der Waals surface area contributed by atoms with Crippen LogP contribution in [0.4, 0.5) is 0 Å². The van der Waals surface area contributed by atoms with Gasteiger partial charge < -0.3 is 9.30 Å². The molecule has 0 fully saturated rings. The van der Waals surface area contributed by atoms with Crippen LogP contribution >= 0.6 is 0 Å². The normalized spacial score (nSPS) is 9.77. The van der Waals surface area contributed by atoms with E-state index in [0.717, 1.165) is 5.69 Å². The van der Waals surface area contributed by atoms with E-state index < -0.39 is 5.97 Å². The van der Waals surface area contributed by atoms with Crippen molar-refractivity contribution in [2.24, 2.45) is 7.05 Å². The van der Waals surface area contributed by atoms with Crippen molar-refractivity contribution >= 4 is 5.97 Å². The molecule has 0 saturated carbocycles. The molecule has 0 amide bonds. The van der Waals surface area contributed by atoms with Crippen LogP contribution in [0.5, 0.6) is 5.75 Å². The Hall–Kier alpha value is -1.58. The minimum absolute atomic E-state index is 0.184. The molecule has 4 nitrogen and oxygen atoms in total. The van der Waals surface area contributed by atoms with E-state index in [1.807, 2.05) is 0 Å². The zero-order chi connectivity index (χ0) is 10.0. The minimum Gasteiger partial charge on any atom is -0.426 e. The summed E-state index contributed by atoms with van der Waals surface area (Å²) >= 11 is 0. The van der Waals surface area contributed by atoms with E-state index in [2.05, 4.69) is 0 Å². The summed E-state index contributed by atoms with van der Waals surface area (Å²) in [6.07, 6.45) is 0. The van der Waals surface area contributed by atoms with Gasteiger partial charge in [-0.2, -0.15) is 0 Å². The number of pyridine rings is 1. The molecule has 0 unspecified atom stereocenters. The number of carbonyl (C=O) groups excluding carboxylic acids is 1. The molecule has 0 radical (unpaired) electrons. The second kappa shape index (κ2) is 3.43. The number of ether oxygens (including phenoxy) is 1. The van der Waals surface area contributed by atoms with Crippen LogP contribution in [0.15, 0.2) is 16.9 Å². The third-order valence-corrected chi connectivity index (χ3v) is 1.74. The fourth-order valence-corrected chi connectivity index (χ4v) is 0.962. The fourth-order valence-electron chi connectivity index (χ4n) is 0.962. The molecular weight excluding hydrogens is 170 g/mol. The number of hydrogen-bond acceptors (Lipinski definition) is 3. The van der Waals surface area contributed by atoms with Crippen LogP contribution in [-0.2, 0) is 11.8 Å². The van der Waals surface area contributed by atoms with Crippen LogP contribution in [0, 0.1) is 6.92 Å². The minimum atomic E-state index is -0.423. The van der Waals surface area contributed by atoms with Gasteiger partial charge in [0.25, 0.3) is 5.56 Å². The van der Waals surface area contributed by atoms with Gasteiger partial charge in [-0.3, -0.25) is 9.59 Å². The summed E-state index contributed by atoms with van der Waals surface area (Å²) in [5, 5.41) is 0. The predicted molar refractivity (Wildman–Crippen MR) is 47.7 cm³/mol. The SMILES string of the molecule is CC(=O)Oc1cc(C)n(C)c(=O)c1. The second-order valence-corrected chi connectivity index (χ2v) is 2.82. The molecule has 1 aromatic rings. The lowest BCUT2D eigenvalue weighted by Gasteiger charge is -2.05. The van der Waals surface area contributed by atoms with Gasteiger partial charge >= 0.3 is 5.97 Å². The molecule has 0 bridgehead atoms. The molecule has 1 rings (SSSR count). The first-order valence-corrected chi connectivity index (χ1v) is 3.87. The van der Waals surface area contributed by atoms with Gasteiger partial charge in [-0.1, -0.05) is 0 Å². The summed E-state index contributed by atoms with van der Waals surface area (Å²) in [6, 6.07) is 2.93. The number of carbonyl (C=O) groups is 1. The van der Waals surface area contributed by atoms with E-state index >= 15 is 0 Å². The van der Waals surface area contributed by atoms with Crippen molar-refractivity contribution in [2.45, 2.75) is 13.8 Å². The molecule has 13 heavy (non-hydrogen) atoms. The van der Waals surface area contributed by atoms with Crippen LogP contribution in [0.1, 0.15) is 12.6 Å². The van der Waals surface area contributed by atoms with Crippen molar-refractivity contribution < 1.29 is 9.53 Å². The molecule has 0 aromatic carbocycles. The standard InChI is InChI=1S/C9H11NO3/c1-6-4-8(13-7(2)11)5-9(12)10(6)3/h4-5H,1-3H3. The Labute approximate surface area is 75.8 Å². The largest absolute Gasteiger partial charge is 0.426 e. The lowest BCUT2D eigenvalue weighted by Crippen LogP contribution is -2.18. The molecule has 4 heteroatoms. The summed E-state index contributed by atoms with van der Waals surface area (Å²) in [7, 11) is 1.66. The number of aryl methyl sites for hydroxylation is 1. The first-order chi connectivity index (χ1) is 6.00. The van der Waals surface area contributed by atoms with Crippen LogP contribution in [0.25, 0.3) is 0 Å². The summed E-state index contributed by atoms with van der Waals surface area (Å²) < 4.78 is 6.26. The van der Waals surface area contributed by atoms with Crippen LogP contribution in [-0.4, -0.2) is 10.5 Å². The summed E-state index contributed by atoms with van der Waals surface area (Å²) in [5.74, 6) is -0.124. The van der Waals surface area contributed by atoms with E-state index in [0.29, 0.717) is 5.75 Å². The lowest BCUT2D eigenvalue weighted by atomic mass is 10.3. The number of hydrogen-bond donors (Lipinski definition) is 0. The van der Waals surface area contributed by atoms with E-state index in [4.69, 9.17) is 4.74 Å². The maximum absolute atomic E-state index is 11.2. The van der Waals surface area contributed by atoms with Gasteiger partial charge in [0.15, 0.2) is 0 Å². The highest BCUT2D eigenvalue weighted by Gasteiger charge is 2.02. The van der Waals surface area contributed by atoms with Crippen LogP contribution in [0.3, 0.4) is 0 Å². The molecule has 0 aliphatic heterocycles. The summed E-state index contributed by atoms with van der Waals surface area (Å²) in [5.41, 5.74) is 0.569. The first kappa shape index (κ1) is 9.51. The lowest BCUT2D eigenvalue weighted by molar-refractivity contribution is -0.131. The zero-order valence-corrected chi connectivity index (χ0v) is 7.83. The highest BCUT2D eigenvalue weighted by molar-refractivity contribution is 5.69. The molecule has 0 aliphatic rings. The van der Waals surface area contributed by atoms with E-state index in [-0.39, 0.29) is 5.56 Å². The third-order valence-electron chi connectivity index (χ3n) is 1.74. The smallest absolute Gasteiger partial charge is 0.308 e. The number of aromatic nitrogens is 1. The molecule has 0 atom stereocenters. The molecule has 0 spiro atoms. The maximum Gasteiger partial charge on any atom is 0.308 e. The van der Waals surface area contributed by atoms with Crippen LogP contribution in [0.2, 0.25) is 0 Å². The number of esters is 1. The molecule has 1 aromatic heterocycles. The fraction of sp³-hybridized carbons (Fsp3) is 0.333. The Morgan fingerprint density at radius 3 is 2.54 bits per heavy atom. The predicted octanol–water partition coefficient (Wildman–Crippen LogP) is 0.619. The van der Waals surface area contributed by atoms with Crippen molar-refractivity contribution in [3.8, 4) is 5.75 Å². The Balaban J connectivity index is 3.13. The van der Waals surface area contributed by atoms with Crippen molar-refractivity contribution in [1.82, 2.24) is 4.57 Å². The van der Waals surface area contributed by atoms with Gasteiger partial charge in [0, 0.05) is 31.8 Å². The molecule has 0 N–H and O–H groups in total. The quantitative estimate of drug-likeness (QED) is 0.597. The average Bonchev–Trinajstić information content (AvgIpc) is 1.98. The van der Waals surface area contributed by atoms with E-state index in [1.165, 1.54) is 17.6 Å². The number of nitrogens with zero attached hydrogens (tertiary/aromatic N) is 1. The molecule has 0 aliphatic carbocycles. The molecule has 0 saturated heterocycles. The van der Waals surface area contributed by atoms with Crippen molar-refractivity contribution in [1.29, 1.82) is 0 Å². The average molecular weight is 181 g/mol. The third kappa shape index (κ3) is 2.18. The Kier molecular flexibility index (Phi) is 2.51. The van der Waals surface area contributed by atoms with E-state index in [9.17, 15) is 9.59 Å². The molecular formula is C9H11NO3. The van der Waals surface area contributed by atoms with Crippen LogP contribution < -0.4 is 10.3 Å². The van der Waals surface area contributed by atoms with Crippen molar-refractivity contribution in [3.63, 3.8) is 0 Å². The molecule has 70 valence electrons. The van der Waals surface area contributed by atoms with Gasteiger partial charge in [-0.05, 0) is 6.92 Å². The first-order valence-electron chi connectivity index (χ1n) is 3.87. The van der Waals surface area contributed by atoms with E-state index in [1.54, 1.807) is 20.0 Å². The van der Waals surface area contributed by atoms with Crippen molar-refractivity contribution in [2.75, 3.05) is 0 Å². The maximum atomic E-state index is 11.2. The highest BCUT2D eigenvalue weighted by Crippen LogP contribution is 2.08. The van der Waals surface area contributed by atoms with Gasteiger partial charge in [-0.15, -0.1) is 0 Å².